The van der Waals surface area contributed by atoms with Gasteiger partial charge >= 0.3 is 11.9 Å². The average Bonchev–Trinajstić information content (AvgIpc) is 2.68. The van der Waals surface area contributed by atoms with Crippen molar-refractivity contribution >= 4 is 5.91 Å². The van der Waals surface area contributed by atoms with E-state index in [4.69, 9.17) is 0 Å². The third-order valence-corrected chi connectivity index (χ3v) is 5.35. The first-order chi connectivity index (χ1) is 13.4. The van der Waals surface area contributed by atoms with E-state index in [-0.39, 0.29) is 37.2 Å². The third kappa shape index (κ3) is 3.84. The van der Waals surface area contributed by atoms with Crippen molar-refractivity contribution in [3.63, 3.8) is 0 Å². The Labute approximate surface area is 163 Å². The topological polar surface area (TPSA) is 84.5 Å². The van der Waals surface area contributed by atoms with Gasteiger partial charge in [-0.3, -0.25) is 18.7 Å². The van der Waals surface area contributed by atoms with Crippen molar-refractivity contribution in [3.05, 3.63) is 68.0 Å². The van der Waals surface area contributed by atoms with E-state index < -0.39 is 34.5 Å². The lowest BCUT2D eigenvalue weighted by molar-refractivity contribution is -0.137. The number of likely N-dealkylation sites (tertiary alicyclic amines) is 1. The number of rotatable bonds is 2. The van der Waals surface area contributed by atoms with Crippen molar-refractivity contribution in [3.8, 4) is 0 Å². The van der Waals surface area contributed by atoms with Crippen LogP contribution in [0.3, 0.4) is 0 Å². The van der Waals surface area contributed by atoms with Crippen molar-refractivity contribution in [2.75, 3.05) is 13.1 Å². The number of halogens is 3. The quantitative estimate of drug-likeness (QED) is 0.806. The molecule has 1 amide bonds. The summed E-state index contributed by atoms with van der Waals surface area (Å²) < 4.78 is 40.8. The van der Waals surface area contributed by atoms with Crippen LogP contribution in [0.5, 0.6) is 0 Å². The van der Waals surface area contributed by atoms with Crippen LogP contribution in [0, 0.1) is 0 Å². The largest absolute Gasteiger partial charge is 0.416 e. The van der Waals surface area contributed by atoms with E-state index in [0.717, 1.165) is 27.3 Å². The van der Waals surface area contributed by atoms with Gasteiger partial charge in [0.05, 0.1) is 11.2 Å². The first-order valence-electron chi connectivity index (χ1n) is 8.90. The van der Waals surface area contributed by atoms with Crippen LogP contribution in [0.1, 0.15) is 34.5 Å². The molecule has 0 radical (unpaired) electrons. The number of aliphatic hydroxyl groups is 1. The number of alkyl halides is 3. The Morgan fingerprint density at radius 2 is 1.69 bits per heavy atom. The Balaban J connectivity index is 1.81. The maximum absolute atomic E-state index is 13.0. The van der Waals surface area contributed by atoms with Gasteiger partial charge < -0.3 is 10.0 Å². The van der Waals surface area contributed by atoms with Crippen LogP contribution in [0.4, 0.5) is 13.2 Å². The van der Waals surface area contributed by atoms with Crippen LogP contribution >= 0.6 is 0 Å². The number of carbonyl (C=O) groups excluding carboxylic acids is 1. The van der Waals surface area contributed by atoms with Crippen molar-refractivity contribution < 1.29 is 23.1 Å². The fourth-order valence-electron chi connectivity index (χ4n) is 3.45. The third-order valence-electron chi connectivity index (χ3n) is 5.35. The highest BCUT2D eigenvalue weighted by molar-refractivity contribution is 5.92. The van der Waals surface area contributed by atoms with Crippen LogP contribution in [0.2, 0.25) is 0 Å². The number of nitrogens with zero attached hydrogens (tertiary/aromatic N) is 3. The average molecular weight is 411 g/mol. The molecule has 0 saturated carbocycles. The van der Waals surface area contributed by atoms with E-state index >= 15 is 0 Å². The second-order valence-corrected chi connectivity index (χ2v) is 7.17. The maximum atomic E-state index is 13.0. The van der Waals surface area contributed by atoms with Crippen molar-refractivity contribution in [2.24, 2.45) is 14.1 Å². The van der Waals surface area contributed by atoms with E-state index in [1.807, 2.05) is 0 Å². The molecule has 0 unspecified atom stereocenters. The summed E-state index contributed by atoms with van der Waals surface area (Å²) in [7, 11) is 2.67. The molecule has 7 nitrogen and oxygen atoms in total. The van der Waals surface area contributed by atoms with E-state index in [2.05, 4.69) is 0 Å². The molecule has 1 aliphatic heterocycles. The van der Waals surface area contributed by atoms with Gasteiger partial charge in [-0.2, -0.15) is 13.2 Å². The molecule has 156 valence electrons. The number of benzene rings is 1. The summed E-state index contributed by atoms with van der Waals surface area (Å²) in [6.07, 6.45) is -4.47. The maximum Gasteiger partial charge on any atom is 0.416 e. The molecule has 0 spiro atoms. The van der Waals surface area contributed by atoms with Gasteiger partial charge in [-0.25, -0.2) is 4.79 Å². The van der Waals surface area contributed by atoms with Gasteiger partial charge in [-0.1, -0.05) is 12.1 Å². The zero-order valence-electron chi connectivity index (χ0n) is 15.9. The van der Waals surface area contributed by atoms with E-state index in [0.29, 0.717) is 0 Å². The highest BCUT2D eigenvalue weighted by Crippen LogP contribution is 2.36. The number of carbonyl (C=O) groups is 1. The molecule has 1 N–H and O–H groups in total. The lowest BCUT2D eigenvalue weighted by Crippen LogP contribution is -2.47. The second-order valence-electron chi connectivity index (χ2n) is 7.17. The Bertz CT molecular complexity index is 1060. The van der Waals surface area contributed by atoms with Gasteiger partial charge in [0.2, 0.25) is 0 Å². The Kier molecular flexibility index (Phi) is 5.16. The predicted octanol–water partition coefficient (Wildman–Crippen LogP) is 1.23. The minimum Gasteiger partial charge on any atom is -0.385 e. The van der Waals surface area contributed by atoms with Crippen LogP contribution in [-0.4, -0.2) is 38.1 Å². The minimum absolute atomic E-state index is 0.0266. The molecule has 10 heteroatoms. The molecule has 3 rings (SSSR count). The molecule has 0 aliphatic carbocycles. The van der Waals surface area contributed by atoms with Gasteiger partial charge in [0.1, 0.15) is 5.69 Å². The molecule has 29 heavy (non-hydrogen) atoms. The molecule has 1 saturated heterocycles. The Hall–Kier alpha value is -2.88. The standard InChI is InChI=1S/C19H20F3N3O4/c1-23-14(11-15(26)24(2)17(23)28)16(27)25-8-6-18(29,7-9-25)12-4-3-5-13(10-12)19(20,21)22/h3-5,10-11,29H,6-9H2,1-2H3. The van der Waals surface area contributed by atoms with E-state index in [9.17, 15) is 32.7 Å². The number of hydrogen-bond donors (Lipinski definition) is 1. The van der Waals surface area contributed by atoms with E-state index in [1.165, 1.54) is 31.1 Å². The summed E-state index contributed by atoms with van der Waals surface area (Å²) in [6, 6.07) is 5.59. The predicted molar refractivity (Wildman–Crippen MR) is 97.4 cm³/mol. The van der Waals surface area contributed by atoms with Crippen LogP contribution in [0.25, 0.3) is 0 Å². The van der Waals surface area contributed by atoms with Gasteiger partial charge in [-0.05, 0) is 30.5 Å². The SMILES string of the molecule is Cn1c(C(=O)N2CCC(O)(c3cccc(C(F)(F)F)c3)CC2)cc(=O)n(C)c1=O. The number of piperidine rings is 1. The highest BCUT2D eigenvalue weighted by Gasteiger charge is 2.38. The van der Waals surface area contributed by atoms with Crippen molar-refractivity contribution in [1.29, 1.82) is 0 Å². The summed E-state index contributed by atoms with van der Waals surface area (Å²) in [4.78, 5) is 38.0. The first-order valence-corrected chi connectivity index (χ1v) is 8.90. The molecule has 2 aromatic rings. The molecular weight excluding hydrogens is 391 g/mol. The lowest BCUT2D eigenvalue weighted by Gasteiger charge is -2.38. The number of amides is 1. The highest BCUT2D eigenvalue weighted by atomic mass is 19.4. The Morgan fingerprint density at radius 1 is 1.07 bits per heavy atom. The summed E-state index contributed by atoms with van der Waals surface area (Å²) in [5.74, 6) is -0.548. The summed E-state index contributed by atoms with van der Waals surface area (Å²) in [6.45, 7) is 0.129. The van der Waals surface area contributed by atoms with E-state index in [1.54, 1.807) is 0 Å². The molecule has 0 bridgehead atoms. The fraction of sp³-hybridized carbons (Fsp3) is 0.421. The van der Waals surface area contributed by atoms with Crippen LogP contribution in [0.15, 0.2) is 39.9 Å². The molecule has 2 heterocycles. The van der Waals surface area contributed by atoms with Crippen LogP contribution < -0.4 is 11.2 Å². The monoisotopic (exact) mass is 411 g/mol. The van der Waals surface area contributed by atoms with Gasteiger partial charge in [0.25, 0.3) is 11.5 Å². The summed E-state index contributed by atoms with van der Waals surface area (Å²) in [5, 5.41) is 10.9. The molecule has 1 fully saturated rings. The molecule has 1 aliphatic rings. The minimum atomic E-state index is -4.52. The van der Waals surface area contributed by atoms with Gasteiger partial charge in [-0.15, -0.1) is 0 Å². The fourth-order valence-corrected chi connectivity index (χ4v) is 3.45. The Morgan fingerprint density at radius 3 is 2.28 bits per heavy atom. The molecule has 0 atom stereocenters. The second kappa shape index (κ2) is 7.18. The number of aromatic nitrogens is 2. The van der Waals surface area contributed by atoms with Crippen molar-refractivity contribution in [2.45, 2.75) is 24.6 Å². The number of hydrogen-bond acceptors (Lipinski definition) is 4. The summed E-state index contributed by atoms with van der Waals surface area (Å²) in [5.41, 5.74) is -3.55. The normalized spacial score (nSPS) is 16.7. The zero-order valence-corrected chi connectivity index (χ0v) is 15.9. The smallest absolute Gasteiger partial charge is 0.385 e. The van der Waals surface area contributed by atoms with Gasteiger partial charge in [0.15, 0.2) is 0 Å². The molecule has 1 aromatic heterocycles. The summed E-state index contributed by atoms with van der Waals surface area (Å²) >= 11 is 0. The molecular formula is C19H20F3N3O4. The van der Waals surface area contributed by atoms with Crippen molar-refractivity contribution in [1.82, 2.24) is 14.0 Å². The zero-order chi connectivity index (χ0) is 21.6. The molecule has 1 aromatic carbocycles. The van der Waals surface area contributed by atoms with Crippen LogP contribution in [-0.2, 0) is 25.9 Å². The first kappa shape index (κ1) is 20.8. The lowest BCUT2D eigenvalue weighted by atomic mass is 9.83. The van der Waals surface area contributed by atoms with Gasteiger partial charge in [0, 0.05) is 33.3 Å².